The first kappa shape index (κ1) is 29.0. The molecule has 0 saturated heterocycles. The predicted molar refractivity (Wildman–Crippen MR) is 205 cm³/mol. The molecule has 9 aromatic rings. The van der Waals surface area contributed by atoms with E-state index in [9.17, 15) is 0 Å². The lowest BCUT2D eigenvalue weighted by atomic mass is 9.96. The lowest BCUT2D eigenvalue weighted by molar-refractivity contribution is 1.08. The van der Waals surface area contributed by atoms with Crippen LogP contribution in [-0.4, -0.2) is 15.0 Å². The van der Waals surface area contributed by atoms with Gasteiger partial charge in [0, 0.05) is 36.9 Å². The molecule has 0 N–H and O–H groups in total. The van der Waals surface area contributed by atoms with E-state index < -0.39 is 0 Å². The number of hydrogen-bond donors (Lipinski definition) is 0. The lowest BCUT2D eigenvalue weighted by Gasteiger charge is -2.12. The van der Waals surface area contributed by atoms with E-state index in [0.29, 0.717) is 17.5 Å². The van der Waals surface area contributed by atoms with Gasteiger partial charge in [0.15, 0.2) is 17.5 Å². The van der Waals surface area contributed by atoms with Gasteiger partial charge in [-0.2, -0.15) is 0 Å². The molecule has 4 heteroatoms. The molecule has 230 valence electrons. The molecule has 0 spiro atoms. The molecule has 0 aliphatic carbocycles. The molecular formula is C45H29N3S. The van der Waals surface area contributed by atoms with Gasteiger partial charge < -0.3 is 0 Å². The molecule has 0 saturated carbocycles. The summed E-state index contributed by atoms with van der Waals surface area (Å²) >= 11 is 1.81. The van der Waals surface area contributed by atoms with Gasteiger partial charge in [0.2, 0.25) is 0 Å². The van der Waals surface area contributed by atoms with E-state index in [-0.39, 0.29) is 0 Å². The second-order valence-corrected chi connectivity index (χ2v) is 13.1. The first-order valence-electron chi connectivity index (χ1n) is 16.4. The Balaban J connectivity index is 1.18. The van der Waals surface area contributed by atoms with Gasteiger partial charge in [-0.1, -0.05) is 158 Å². The van der Waals surface area contributed by atoms with Crippen molar-refractivity contribution >= 4 is 31.5 Å². The second-order valence-electron chi connectivity index (χ2n) is 12.1. The predicted octanol–water partition coefficient (Wildman–Crippen LogP) is 12.2. The Morgan fingerprint density at radius 3 is 1.24 bits per heavy atom. The SMILES string of the molecule is c1ccc(-c2ccc(-c3ccc(-c4cc(-c5nc(-c6ccccc6)nc(-c6ccccc6)n5)c5c(c4)sc4ccccc45)cc3)cc2)cc1. The highest BCUT2D eigenvalue weighted by atomic mass is 32.1. The quantitative estimate of drug-likeness (QED) is 0.181. The standard InChI is InChI=1S/C45H29N3S/c1-4-12-30(13-5-1)31-20-22-32(23-21-31)33-24-26-34(27-25-33)37-28-39(42-38-18-10-11-19-40(38)49-41(42)29-37)45-47-43(35-14-6-2-7-15-35)46-44(48-45)36-16-8-3-9-17-36/h1-29H. The zero-order valence-electron chi connectivity index (χ0n) is 26.5. The van der Waals surface area contributed by atoms with Crippen molar-refractivity contribution in [3.8, 4) is 67.5 Å². The van der Waals surface area contributed by atoms with Gasteiger partial charge in [0.05, 0.1) is 0 Å². The van der Waals surface area contributed by atoms with Crippen molar-refractivity contribution in [2.75, 3.05) is 0 Å². The van der Waals surface area contributed by atoms with Crippen molar-refractivity contribution in [2.45, 2.75) is 0 Å². The van der Waals surface area contributed by atoms with Crippen molar-refractivity contribution in [1.29, 1.82) is 0 Å². The highest BCUT2D eigenvalue weighted by molar-refractivity contribution is 7.26. The summed E-state index contributed by atoms with van der Waals surface area (Å²) < 4.78 is 2.45. The Morgan fingerprint density at radius 1 is 0.306 bits per heavy atom. The average Bonchev–Trinajstić information content (AvgIpc) is 3.57. The summed E-state index contributed by atoms with van der Waals surface area (Å²) in [5.41, 5.74) is 10.0. The van der Waals surface area contributed by atoms with Crippen molar-refractivity contribution in [1.82, 2.24) is 15.0 Å². The Labute approximate surface area is 288 Å². The normalized spacial score (nSPS) is 11.3. The van der Waals surface area contributed by atoms with Gasteiger partial charge >= 0.3 is 0 Å². The van der Waals surface area contributed by atoms with Gasteiger partial charge in [0.25, 0.3) is 0 Å². The number of fused-ring (bicyclic) bond motifs is 3. The van der Waals surface area contributed by atoms with Crippen LogP contribution < -0.4 is 0 Å². The average molecular weight is 644 g/mol. The van der Waals surface area contributed by atoms with E-state index in [1.54, 1.807) is 0 Å². The van der Waals surface area contributed by atoms with E-state index in [1.165, 1.54) is 42.4 Å². The summed E-state index contributed by atoms with van der Waals surface area (Å²) in [5.74, 6) is 1.98. The minimum atomic E-state index is 0.658. The van der Waals surface area contributed by atoms with Gasteiger partial charge in [-0.3, -0.25) is 0 Å². The van der Waals surface area contributed by atoms with E-state index in [2.05, 4.69) is 140 Å². The van der Waals surface area contributed by atoms with Crippen LogP contribution in [0.2, 0.25) is 0 Å². The summed E-state index contributed by atoms with van der Waals surface area (Å²) in [4.78, 5) is 15.2. The van der Waals surface area contributed by atoms with E-state index in [0.717, 1.165) is 27.8 Å². The smallest absolute Gasteiger partial charge is 0.164 e. The van der Waals surface area contributed by atoms with Crippen LogP contribution in [-0.2, 0) is 0 Å². The summed E-state index contributed by atoms with van der Waals surface area (Å²) in [6.45, 7) is 0. The Hall–Kier alpha value is -6.23. The highest BCUT2D eigenvalue weighted by Crippen LogP contribution is 2.42. The van der Waals surface area contributed by atoms with Crippen LogP contribution in [0.15, 0.2) is 176 Å². The summed E-state index contributed by atoms with van der Waals surface area (Å²) in [7, 11) is 0. The number of nitrogens with zero attached hydrogens (tertiary/aromatic N) is 3. The maximum Gasteiger partial charge on any atom is 0.164 e. The molecule has 0 atom stereocenters. The fraction of sp³-hybridized carbons (Fsp3) is 0. The van der Waals surface area contributed by atoms with Crippen LogP contribution in [0.3, 0.4) is 0 Å². The number of thiophene rings is 1. The molecular weight excluding hydrogens is 615 g/mol. The molecule has 0 radical (unpaired) electrons. The van der Waals surface area contributed by atoms with E-state index in [1.807, 2.05) is 47.7 Å². The minimum Gasteiger partial charge on any atom is -0.208 e. The lowest BCUT2D eigenvalue weighted by Crippen LogP contribution is -2.00. The van der Waals surface area contributed by atoms with Gasteiger partial charge in [-0.05, 0) is 51.6 Å². The molecule has 0 aliphatic heterocycles. The second kappa shape index (κ2) is 12.4. The van der Waals surface area contributed by atoms with E-state index >= 15 is 0 Å². The molecule has 0 unspecified atom stereocenters. The summed E-state index contributed by atoms with van der Waals surface area (Å²) in [6.07, 6.45) is 0. The topological polar surface area (TPSA) is 38.7 Å². The van der Waals surface area contributed by atoms with Crippen molar-refractivity contribution in [2.24, 2.45) is 0 Å². The molecule has 0 aliphatic rings. The summed E-state index contributed by atoms with van der Waals surface area (Å²) in [6, 6.07) is 61.7. The van der Waals surface area contributed by atoms with Crippen molar-refractivity contribution in [3.63, 3.8) is 0 Å². The zero-order valence-corrected chi connectivity index (χ0v) is 27.3. The zero-order chi connectivity index (χ0) is 32.6. The molecule has 2 aromatic heterocycles. The third-order valence-electron chi connectivity index (χ3n) is 8.96. The molecule has 3 nitrogen and oxygen atoms in total. The fourth-order valence-corrected chi connectivity index (χ4v) is 7.64. The van der Waals surface area contributed by atoms with Crippen molar-refractivity contribution < 1.29 is 0 Å². The minimum absolute atomic E-state index is 0.658. The molecule has 9 rings (SSSR count). The van der Waals surface area contributed by atoms with Crippen LogP contribution in [0.25, 0.3) is 87.7 Å². The first-order chi connectivity index (χ1) is 24.3. The monoisotopic (exact) mass is 643 g/mol. The van der Waals surface area contributed by atoms with Crippen LogP contribution in [0.5, 0.6) is 0 Å². The molecule has 7 aromatic carbocycles. The number of hydrogen-bond acceptors (Lipinski definition) is 4. The Kier molecular flexibility index (Phi) is 7.34. The first-order valence-corrected chi connectivity index (χ1v) is 17.2. The third-order valence-corrected chi connectivity index (χ3v) is 10.1. The van der Waals surface area contributed by atoms with Crippen LogP contribution >= 0.6 is 11.3 Å². The van der Waals surface area contributed by atoms with Gasteiger partial charge in [0.1, 0.15) is 0 Å². The van der Waals surface area contributed by atoms with Crippen molar-refractivity contribution in [3.05, 3.63) is 176 Å². The molecule has 0 bridgehead atoms. The molecule has 49 heavy (non-hydrogen) atoms. The Bertz CT molecular complexity index is 2500. The molecule has 0 fully saturated rings. The molecule has 2 heterocycles. The number of aromatic nitrogens is 3. The maximum absolute atomic E-state index is 5.14. The third kappa shape index (κ3) is 5.58. The summed E-state index contributed by atoms with van der Waals surface area (Å²) in [5, 5.41) is 2.38. The Morgan fingerprint density at radius 2 is 0.714 bits per heavy atom. The number of benzene rings is 7. The van der Waals surface area contributed by atoms with Crippen LogP contribution in [0.4, 0.5) is 0 Å². The van der Waals surface area contributed by atoms with Gasteiger partial charge in [-0.15, -0.1) is 11.3 Å². The molecule has 0 amide bonds. The number of rotatable bonds is 6. The van der Waals surface area contributed by atoms with Gasteiger partial charge in [-0.25, -0.2) is 15.0 Å². The largest absolute Gasteiger partial charge is 0.208 e. The maximum atomic E-state index is 5.14. The highest BCUT2D eigenvalue weighted by Gasteiger charge is 2.19. The fourth-order valence-electron chi connectivity index (χ4n) is 6.47. The van der Waals surface area contributed by atoms with Crippen LogP contribution in [0, 0.1) is 0 Å². The van der Waals surface area contributed by atoms with E-state index in [4.69, 9.17) is 15.0 Å². The van der Waals surface area contributed by atoms with Crippen LogP contribution in [0.1, 0.15) is 0 Å².